The summed E-state index contributed by atoms with van der Waals surface area (Å²) in [4.78, 5) is 18.1. The lowest BCUT2D eigenvalue weighted by Crippen LogP contribution is -2.42. The van der Waals surface area contributed by atoms with E-state index < -0.39 is 0 Å². The molecular formula is C19H20FN3O. The molecule has 5 heteroatoms. The minimum Gasteiger partial charge on any atom is -0.348 e. The van der Waals surface area contributed by atoms with E-state index >= 15 is 0 Å². The van der Waals surface area contributed by atoms with Crippen LogP contribution in [0.3, 0.4) is 0 Å². The number of rotatable bonds is 2. The lowest BCUT2D eigenvalue weighted by molar-refractivity contribution is 0.0612. The summed E-state index contributed by atoms with van der Waals surface area (Å²) >= 11 is 0. The van der Waals surface area contributed by atoms with Crippen LogP contribution in [-0.2, 0) is 6.54 Å². The molecule has 24 heavy (non-hydrogen) atoms. The first-order chi connectivity index (χ1) is 11.6. The number of halogens is 1. The molecule has 1 atom stereocenters. The van der Waals surface area contributed by atoms with E-state index in [2.05, 4.69) is 28.7 Å². The molecule has 1 amide bonds. The van der Waals surface area contributed by atoms with Crippen molar-refractivity contribution in [2.45, 2.75) is 32.9 Å². The van der Waals surface area contributed by atoms with Crippen LogP contribution >= 0.6 is 0 Å². The second-order valence-corrected chi connectivity index (χ2v) is 6.34. The van der Waals surface area contributed by atoms with Gasteiger partial charge >= 0.3 is 0 Å². The van der Waals surface area contributed by atoms with Crippen LogP contribution < -0.4 is 0 Å². The molecule has 3 aromatic rings. The number of amides is 1. The fourth-order valence-corrected chi connectivity index (χ4v) is 3.81. The highest BCUT2D eigenvalue weighted by molar-refractivity contribution is 6.01. The van der Waals surface area contributed by atoms with Gasteiger partial charge in [-0.1, -0.05) is 19.1 Å². The molecule has 0 unspecified atom stereocenters. The standard InChI is InChI=1S/C19H20FN3O/c1-3-15-16-8-5-9-22(16)10-11-23(15)19(24)17-12(2)13-6-4-7-14(20)18(13)21-17/h4-9,15,21H,3,10-11H2,1-2H3/t15-/m1/s1. The number of para-hydroxylation sites is 1. The molecule has 0 fully saturated rings. The molecule has 0 aliphatic carbocycles. The van der Waals surface area contributed by atoms with E-state index in [1.54, 1.807) is 6.07 Å². The molecule has 0 radical (unpaired) electrons. The Morgan fingerprint density at radius 3 is 2.88 bits per heavy atom. The highest BCUT2D eigenvalue weighted by Crippen LogP contribution is 2.32. The zero-order valence-corrected chi connectivity index (χ0v) is 13.8. The van der Waals surface area contributed by atoms with Crippen molar-refractivity contribution >= 4 is 16.8 Å². The molecule has 0 spiro atoms. The predicted molar refractivity (Wildman–Crippen MR) is 91.5 cm³/mol. The van der Waals surface area contributed by atoms with Crippen LogP contribution in [0.5, 0.6) is 0 Å². The van der Waals surface area contributed by atoms with Crippen molar-refractivity contribution in [2.24, 2.45) is 0 Å². The molecule has 0 saturated heterocycles. The first kappa shape index (κ1) is 15.0. The maximum absolute atomic E-state index is 14.0. The molecule has 0 bridgehead atoms. The van der Waals surface area contributed by atoms with Crippen LogP contribution in [0.15, 0.2) is 36.5 Å². The van der Waals surface area contributed by atoms with Crippen LogP contribution in [-0.4, -0.2) is 26.9 Å². The summed E-state index contributed by atoms with van der Waals surface area (Å²) in [5.41, 5.74) is 2.88. The van der Waals surface area contributed by atoms with Crippen LogP contribution in [0, 0.1) is 12.7 Å². The normalized spacial score (nSPS) is 17.3. The van der Waals surface area contributed by atoms with Gasteiger partial charge in [0, 0.05) is 30.4 Å². The molecular weight excluding hydrogens is 305 g/mol. The summed E-state index contributed by atoms with van der Waals surface area (Å²) in [5, 5.41) is 0.770. The Balaban J connectivity index is 1.77. The molecule has 124 valence electrons. The van der Waals surface area contributed by atoms with Gasteiger partial charge in [-0.2, -0.15) is 0 Å². The number of aryl methyl sites for hydroxylation is 1. The minimum absolute atomic E-state index is 0.0527. The monoisotopic (exact) mass is 325 g/mol. The van der Waals surface area contributed by atoms with Crippen LogP contribution in [0.25, 0.3) is 10.9 Å². The highest BCUT2D eigenvalue weighted by atomic mass is 19.1. The SMILES string of the molecule is CC[C@@H]1c2cccn2CCN1C(=O)c1[nH]c2c(F)cccc2c1C. The first-order valence-electron chi connectivity index (χ1n) is 8.34. The third-order valence-corrected chi connectivity index (χ3v) is 5.07. The minimum atomic E-state index is -0.325. The zero-order valence-electron chi connectivity index (χ0n) is 13.8. The van der Waals surface area contributed by atoms with Crippen LogP contribution in [0.4, 0.5) is 4.39 Å². The number of H-pyrrole nitrogens is 1. The third kappa shape index (κ3) is 2.08. The fraction of sp³-hybridized carbons (Fsp3) is 0.316. The molecule has 1 aliphatic rings. The number of carbonyl (C=O) groups is 1. The lowest BCUT2D eigenvalue weighted by Gasteiger charge is -2.36. The number of carbonyl (C=O) groups excluding carboxylic acids is 1. The van der Waals surface area contributed by atoms with Gasteiger partial charge in [0.15, 0.2) is 0 Å². The van der Waals surface area contributed by atoms with Gasteiger partial charge in [-0.15, -0.1) is 0 Å². The Morgan fingerprint density at radius 1 is 1.29 bits per heavy atom. The Labute approximate surface area is 139 Å². The molecule has 4 nitrogen and oxygen atoms in total. The van der Waals surface area contributed by atoms with E-state index in [9.17, 15) is 9.18 Å². The van der Waals surface area contributed by atoms with E-state index in [0.717, 1.165) is 29.6 Å². The second kappa shape index (κ2) is 5.51. The van der Waals surface area contributed by atoms with Crippen molar-refractivity contribution in [3.63, 3.8) is 0 Å². The summed E-state index contributed by atoms with van der Waals surface area (Å²) < 4.78 is 16.2. The Morgan fingerprint density at radius 2 is 2.12 bits per heavy atom. The van der Waals surface area contributed by atoms with E-state index in [4.69, 9.17) is 0 Å². The number of aromatic nitrogens is 2. The van der Waals surface area contributed by atoms with Gasteiger partial charge in [0.25, 0.3) is 5.91 Å². The highest BCUT2D eigenvalue weighted by Gasteiger charge is 2.31. The third-order valence-electron chi connectivity index (χ3n) is 5.07. The number of hydrogen-bond acceptors (Lipinski definition) is 1. The Bertz CT molecular complexity index is 924. The number of benzene rings is 1. The van der Waals surface area contributed by atoms with Crippen molar-refractivity contribution in [1.82, 2.24) is 14.5 Å². The summed E-state index contributed by atoms with van der Waals surface area (Å²) in [7, 11) is 0. The number of nitrogens with one attached hydrogen (secondary N) is 1. The number of hydrogen-bond donors (Lipinski definition) is 1. The Hall–Kier alpha value is -2.56. The van der Waals surface area contributed by atoms with Crippen LogP contribution in [0.1, 0.15) is 41.1 Å². The van der Waals surface area contributed by atoms with E-state index in [1.165, 1.54) is 6.07 Å². The van der Waals surface area contributed by atoms with Crippen molar-refractivity contribution in [1.29, 1.82) is 0 Å². The van der Waals surface area contributed by atoms with E-state index in [0.29, 0.717) is 17.8 Å². The average molecular weight is 325 g/mol. The summed E-state index contributed by atoms with van der Waals surface area (Å²) in [6, 6.07) is 9.09. The van der Waals surface area contributed by atoms with Crippen molar-refractivity contribution in [3.05, 3.63) is 59.3 Å². The lowest BCUT2D eigenvalue weighted by atomic mass is 10.1. The summed E-state index contributed by atoms with van der Waals surface area (Å²) in [6.45, 7) is 5.42. The van der Waals surface area contributed by atoms with Crippen LogP contribution in [0.2, 0.25) is 0 Å². The summed E-state index contributed by atoms with van der Waals surface area (Å²) in [5.74, 6) is -0.378. The molecule has 2 aromatic heterocycles. The molecule has 1 N–H and O–H groups in total. The van der Waals surface area contributed by atoms with Gasteiger partial charge in [-0.05, 0) is 37.1 Å². The first-order valence-corrected chi connectivity index (χ1v) is 8.34. The smallest absolute Gasteiger partial charge is 0.271 e. The number of fused-ring (bicyclic) bond motifs is 2. The van der Waals surface area contributed by atoms with Gasteiger partial charge in [0.1, 0.15) is 11.5 Å². The molecule has 0 saturated carbocycles. The van der Waals surface area contributed by atoms with Gasteiger partial charge < -0.3 is 14.5 Å². The number of aromatic amines is 1. The molecule has 4 rings (SSSR count). The predicted octanol–water partition coefficient (Wildman–Crippen LogP) is 4.02. The van der Waals surface area contributed by atoms with Crippen molar-refractivity contribution in [2.75, 3.05) is 6.54 Å². The topological polar surface area (TPSA) is 41.0 Å². The molecule has 1 aromatic carbocycles. The Kier molecular flexibility index (Phi) is 3.44. The maximum Gasteiger partial charge on any atom is 0.271 e. The fourth-order valence-electron chi connectivity index (χ4n) is 3.81. The van der Waals surface area contributed by atoms with Crippen molar-refractivity contribution in [3.8, 4) is 0 Å². The average Bonchev–Trinajstić information content (AvgIpc) is 3.19. The van der Waals surface area contributed by atoms with Gasteiger partial charge in [-0.3, -0.25) is 4.79 Å². The van der Waals surface area contributed by atoms with Gasteiger partial charge in [-0.25, -0.2) is 4.39 Å². The largest absolute Gasteiger partial charge is 0.348 e. The number of nitrogens with zero attached hydrogens (tertiary/aromatic N) is 2. The molecule has 3 heterocycles. The zero-order chi connectivity index (χ0) is 16.8. The summed E-state index contributed by atoms with van der Waals surface area (Å²) in [6.07, 6.45) is 2.91. The second-order valence-electron chi connectivity index (χ2n) is 6.34. The van der Waals surface area contributed by atoms with E-state index in [1.807, 2.05) is 24.0 Å². The quantitative estimate of drug-likeness (QED) is 0.759. The maximum atomic E-state index is 14.0. The van der Waals surface area contributed by atoms with Gasteiger partial charge in [0.2, 0.25) is 0 Å². The molecule has 1 aliphatic heterocycles. The van der Waals surface area contributed by atoms with Gasteiger partial charge in [0.05, 0.1) is 11.6 Å². The van der Waals surface area contributed by atoms with Crippen molar-refractivity contribution < 1.29 is 9.18 Å². The van der Waals surface area contributed by atoms with E-state index in [-0.39, 0.29) is 17.8 Å².